The lowest BCUT2D eigenvalue weighted by Gasteiger charge is -2.17. The third-order valence-corrected chi connectivity index (χ3v) is 4.84. The van der Waals surface area contributed by atoms with Gasteiger partial charge in [-0.25, -0.2) is 46.4 Å². The normalized spacial score (nSPS) is 11.2. The van der Waals surface area contributed by atoms with Crippen molar-refractivity contribution in [3.63, 3.8) is 0 Å². The van der Waals surface area contributed by atoms with Crippen molar-refractivity contribution in [2.75, 3.05) is 0 Å². The second kappa shape index (κ2) is 14.8. The molecule has 38 heavy (non-hydrogen) atoms. The van der Waals surface area contributed by atoms with Crippen LogP contribution in [0.1, 0.15) is 0 Å². The van der Waals surface area contributed by atoms with E-state index in [1.807, 2.05) is 70.3 Å². The van der Waals surface area contributed by atoms with Gasteiger partial charge in [-0.2, -0.15) is 0 Å². The Bertz CT molecular complexity index is 1100. The minimum Gasteiger partial charge on any atom is -0.381 e. The zero-order valence-corrected chi connectivity index (χ0v) is 21.3. The Kier molecular flexibility index (Phi) is 12.1. The van der Waals surface area contributed by atoms with Gasteiger partial charge in [0.2, 0.25) is 0 Å². The smallest absolute Gasteiger partial charge is 0.180 e. The molecule has 2 aromatic heterocycles. The monoisotopic (exact) mass is 566 g/mol. The van der Waals surface area contributed by atoms with E-state index in [0.29, 0.717) is 13.1 Å². The molecule has 1 N–H and O–H groups in total. The maximum Gasteiger partial charge on any atom is 0.180 e. The van der Waals surface area contributed by atoms with E-state index >= 15 is 0 Å². The highest BCUT2D eigenvalue weighted by Gasteiger charge is 2.16. The standard InChI is InChI=1S/C25H24N2O.2ClHO4/c28-25(19-26-15-11-23(12-16-26)21-7-3-1-4-8-21)20-27-17-13-24(14-18-27)22-9-5-2-6-10-22;2*2-1(3,4)5/h1-18,25,28H,19-20H2;2*(H,2,3,4,5)/q+2;;/p-2. The van der Waals surface area contributed by atoms with Gasteiger partial charge in [0.05, 0.1) is 0 Å². The first-order chi connectivity index (χ1) is 17.8. The third-order valence-electron chi connectivity index (χ3n) is 4.84. The Morgan fingerprint density at radius 2 is 0.711 bits per heavy atom. The lowest BCUT2D eigenvalue weighted by Crippen LogP contribution is -2.68. The number of hydrogen-bond acceptors (Lipinski definition) is 9. The first-order valence-electron chi connectivity index (χ1n) is 10.8. The second-order valence-corrected chi connectivity index (χ2v) is 9.22. The second-order valence-electron chi connectivity index (χ2n) is 7.71. The SMILES string of the molecule is OC(C[n+]1ccc(-c2ccccc2)cc1)C[n+]1ccc(-c2ccccc2)cc1.[O-][Cl+3]([O-])([O-])[O-].[O-][Cl+3]([O-])([O-])[O-]. The molecule has 0 amide bonds. The van der Waals surface area contributed by atoms with E-state index in [2.05, 4.69) is 48.5 Å². The summed E-state index contributed by atoms with van der Waals surface area (Å²) in [4.78, 5) is 0. The van der Waals surface area contributed by atoms with Crippen molar-refractivity contribution in [1.82, 2.24) is 0 Å². The number of rotatable bonds is 6. The summed E-state index contributed by atoms with van der Waals surface area (Å²) in [5.74, 6) is 0. The van der Waals surface area contributed by atoms with Gasteiger partial charge in [0.25, 0.3) is 0 Å². The van der Waals surface area contributed by atoms with Crippen LogP contribution in [0.5, 0.6) is 0 Å². The van der Waals surface area contributed by atoms with Crippen molar-refractivity contribution >= 4 is 0 Å². The van der Waals surface area contributed by atoms with Crippen LogP contribution in [-0.4, -0.2) is 11.2 Å². The molecule has 0 aliphatic rings. The van der Waals surface area contributed by atoms with Gasteiger partial charge in [-0.1, -0.05) is 60.7 Å². The topological polar surface area (TPSA) is 212 Å². The molecule has 0 saturated carbocycles. The van der Waals surface area contributed by atoms with Crippen LogP contribution in [0.2, 0.25) is 0 Å². The quantitative estimate of drug-likeness (QED) is 0.219. The van der Waals surface area contributed by atoms with Gasteiger partial charge in [0.15, 0.2) is 44.0 Å². The third kappa shape index (κ3) is 14.0. The number of aliphatic hydroxyl groups is 1. The average Bonchev–Trinajstić information content (AvgIpc) is 2.84. The molecule has 4 aromatic rings. The number of benzene rings is 2. The number of nitrogens with zero attached hydrogens (tertiary/aromatic N) is 2. The molecule has 11 nitrogen and oxygen atoms in total. The highest BCUT2D eigenvalue weighted by molar-refractivity contribution is 5.62. The van der Waals surface area contributed by atoms with Crippen molar-refractivity contribution in [2.24, 2.45) is 0 Å². The van der Waals surface area contributed by atoms with Crippen molar-refractivity contribution in [3.05, 3.63) is 110 Å². The molecule has 0 atom stereocenters. The molecule has 0 unspecified atom stereocenters. The summed E-state index contributed by atoms with van der Waals surface area (Å²) in [6.45, 7) is 1.12. The van der Waals surface area contributed by atoms with Gasteiger partial charge in [-0.3, -0.25) is 0 Å². The lowest BCUT2D eigenvalue weighted by atomic mass is 10.1. The molecule has 0 aliphatic heterocycles. The minimum atomic E-state index is -4.94. The summed E-state index contributed by atoms with van der Waals surface area (Å²) in [6, 6.07) is 29.0. The van der Waals surface area contributed by atoms with Gasteiger partial charge in [0.1, 0.15) is 0 Å². The Morgan fingerprint density at radius 3 is 0.974 bits per heavy atom. The largest absolute Gasteiger partial charge is 0.381 e. The summed E-state index contributed by atoms with van der Waals surface area (Å²) in [5, 5.41) is 10.5. The van der Waals surface area contributed by atoms with Gasteiger partial charge in [-0.15, -0.1) is 20.5 Å². The number of hydrogen-bond donors (Lipinski definition) is 1. The molecule has 4 rings (SSSR count). The Hall–Kier alpha value is -3.04. The summed E-state index contributed by atoms with van der Waals surface area (Å²) in [6.07, 6.45) is 7.63. The van der Waals surface area contributed by atoms with E-state index < -0.39 is 26.6 Å². The first-order valence-corrected chi connectivity index (χ1v) is 13.3. The van der Waals surface area contributed by atoms with Crippen molar-refractivity contribution < 1.29 is 72.0 Å². The van der Waals surface area contributed by atoms with Crippen LogP contribution in [-0.2, 0) is 13.1 Å². The van der Waals surface area contributed by atoms with Crippen LogP contribution in [0, 0.1) is 20.5 Å². The molecule has 0 saturated heterocycles. The summed E-state index contributed by atoms with van der Waals surface area (Å²) in [7, 11) is -9.89. The van der Waals surface area contributed by atoms with Crippen molar-refractivity contribution in [2.45, 2.75) is 19.2 Å². The van der Waals surface area contributed by atoms with E-state index in [4.69, 9.17) is 37.3 Å². The molecular weight excluding hydrogens is 543 g/mol. The zero-order valence-electron chi connectivity index (χ0n) is 19.7. The summed E-state index contributed by atoms with van der Waals surface area (Å²) >= 11 is 0. The molecule has 202 valence electrons. The van der Waals surface area contributed by atoms with Crippen molar-refractivity contribution in [1.29, 1.82) is 0 Å². The maximum atomic E-state index is 10.5. The molecule has 0 bridgehead atoms. The van der Waals surface area contributed by atoms with Crippen molar-refractivity contribution in [3.8, 4) is 22.3 Å². The fourth-order valence-corrected chi connectivity index (χ4v) is 3.35. The molecule has 2 heterocycles. The molecule has 13 heteroatoms. The number of aliphatic hydroxyl groups excluding tert-OH is 1. The molecule has 0 radical (unpaired) electrons. The van der Waals surface area contributed by atoms with Gasteiger partial charge < -0.3 is 5.11 Å². The Labute approximate surface area is 223 Å². The van der Waals surface area contributed by atoms with Crippen LogP contribution >= 0.6 is 0 Å². The minimum absolute atomic E-state index is 0.458. The fourth-order valence-electron chi connectivity index (χ4n) is 3.35. The summed E-state index contributed by atoms with van der Waals surface area (Å²) in [5.41, 5.74) is 4.75. The van der Waals surface area contributed by atoms with E-state index in [1.165, 1.54) is 22.3 Å². The highest BCUT2D eigenvalue weighted by Crippen LogP contribution is 2.17. The summed E-state index contributed by atoms with van der Waals surface area (Å²) < 4.78 is 72.0. The Morgan fingerprint density at radius 1 is 0.474 bits per heavy atom. The average molecular weight is 567 g/mol. The maximum absolute atomic E-state index is 10.5. The molecule has 0 spiro atoms. The van der Waals surface area contributed by atoms with Crippen LogP contribution in [0.4, 0.5) is 0 Å². The van der Waals surface area contributed by atoms with Gasteiger partial charge in [-0.05, 0) is 22.3 Å². The van der Waals surface area contributed by atoms with Crippen LogP contribution in [0.25, 0.3) is 22.3 Å². The molecule has 0 fully saturated rings. The predicted molar refractivity (Wildman–Crippen MR) is 110 cm³/mol. The number of pyridine rings is 2. The molecule has 2 aromatic carbocycles. The van der Waals surface area contributed by atoms with Gasteiger partial charge in [0, 0.05) is 24.3 Å². The molecule has 0 aliphatic carbocycles. The first kappa shape index (κ1) is 31.2. The Balaban J connectivity index is 0.000000435. The number of halogens is 2. The van der Waals surface area contributed by atoms with Crippen LogP contribution in [0.3, 0.4) is 0 Å². The van der Waals surface area contributed by atoms with E-state index in [0.717, 1.165) is 0 Å². The number of aromatic nitrogens is 2. The van der Waals surface area contributed by atoms with E-state index in [9.17, 15) is 5.11 Å². The van der Waals surface area contributed by atoms with Crippen LogP contribution < -0.4 is 46.4 Å². The van der Waals surface area contributed by atoms with E-state index in [-0.39, 0.29) is 0 Å². The van der Waals surface area contributed by atoms with Gasteiger partial charge >= 0.3 is 0 Å². The zero-order chi connectivity index (χ0) is 28.2. The fraction of sp³-hybridized carbons (Fsp3) is 0.120. The predicted octanol–water partition coefficient (Wildman–Crippen LogP) is -5.86. The molecular formula is C25H24Cl2N2O9. The highest BCUT2D eigenvalue weighted by atomic mass is 35.7. The van der Waals surface area contributed by atoms with Crippen LogP contribution in [0.15, 0.2) is 110 Å². The lowest BCUT2D eigenvalue weighted by molar-refractivity contribution is -2.00. The van der Waals surface area contributed by atoms with E-state index in [1.54, 1.807) is 0 Å².